The Bertz CT molecular complexity index is 1140. The summed E-state index contributed by atoms with van der Waals surface area (Å²) in [6.07, 6.45) is 2.45. The van der Waals surface area contributed by atoms with Crippen LogP contribution in [0.3, 0.4) is 0 Å². The fourth-order valence-corrected chi connectivity index (χ4v) is 3.90. The zero-order valence-corrected chi connectivity index (χ0v) is 29.0. The molecule has 0 fully saturated rings. The molecule has 242 valence electrons. The molecule has 0 aliphatic carbocycles. The number of hydrogen-bond acceptors (Lipinski definition) is 7. The summed E-state index contributed by atoms with van der Waals surface area (Å²) in [6.45, 7) is 24.1. The molecule has 0 spiro atoms. The standard InChI is InChI=1S/C13H17NO2.C13H21N.C11H17NO2/c1-8(2)12(15)10-6-5-7-11(14-10)13(16)9(3)4;1-10(2)8-12-6-5-7-13(14-12)9-11(3)4;1-8(2)13-10-6-5-7-11(12-10)14-9(3)4/h5-9H,1-4H3;5-7,10-11H,8-9H2,1-4H3;5-9H,1-4H3. The third-order valence-electron chi connectivity index (χ3n) is 5.81. The van der Waals surface area contributed by atoms with Gasteiger partial charge >= 0.3 is 0 Å². The van der Waals surface area contributed by atoms with Crippen molar-refractivity contribution in [1.82, 2.24) is 15.0 Å². The average molecular weight is 606 g/mol. The molecule has 7 nitrogen and oxygen atoms in total. The van der Waals surface area contributed by atoms with E-state index in [1.807, 2.05) is 73.6 Å². The quantitative estimate of drug-likeness (QED) is 0.190. The minimum absolute atomic E-state index is 0.0293. The molecule has 7 heteroatoms. The number of rotatable bonds is 12. The Labute approximate surface area is 266 Å². The molecule has 0 bridgehead atoms. The first kappa shape index (κ1) is 38.4. The summed E-state index contributed by atoms with van der Waals surface area (Å²) in [7, 11) is 0. The van der Waals surface area contributed by atoms with Gasteiger partial charge in [0, 0.05) is 35.4 Å². The van der Waals surface area contributed by atoms with Crippen LogP contribution in [0, 0.1) is 23.7 Å². The SMILES string of the molecule is CC(C)C(=O)c1cccc(C(=O)C(C)C)n1.CC(C)Cc1cccc(CC(C)C)n1.CC(C)Oc1cccc(OC(C)C)n1. The lowest BCUT2D eigenvalue weighted by Gasteiger charge is -2.11. The van der Waals surface area contributed by atoms with Crippen molar-refractivity contribution in [1.29, 1.82) is 0 Å². The zero-order valence-electron chi connectivity index (χ0n) is 29.0. The van der Waals surface area contributed by atoms with Gasteiger partial charge in [-0.15, -0.1) is 0 Å². The average Bonchev–Trinajstić information content (AvgIpc) is 2.92. The Morgan fingerprint density at radius 3 is 1.23 bits per heavy atom. The van der Waals surface area contributed by atoms with E-state index in [4.69, 9.17) is 9.47 Å². The summed E-state index contributed by atoms with van der Waals surface area (Å²) in [5, 5.41) is 0. The molecular weight excluding hydrogens is 550 g/mol. The number of pyridine rings is 3. The molecule has 3 aromatic heterocycles. The van der Waals surface area contributed by atoms with Crippen LogP contribution in [0.15, 0.2) is 54.6 Å². The second-order valence-corrected chi connectivity index (χ2v) is 12.9. The van der Waals surface area contributed by atoms with Crippen LogP contribution in [-0.2, 0) is 12.8 Å². The Balaban J connectivity index is 0.000000331. The lowest BCUT2D eigenvalue weighted by atomic mass is 10.0. The van der Waals surface area contributed by atoms with Crippen LogP contribution in [0.1, 0.15) is 115 Å². The smallest absolute Gasteiger partial charge is 0.216 e. The molecule has 44 heavy (non-hydrogen) atoms. The van der Waals surface area contributed by atoms with E-state index in [2.05, 4.69) is 60.8 Å². The van der Waals surface area contributed by atoms with Gasteiger partial charge in [-0.1, -0.05) is 73.6 Å². The van der Waals surface area contributed by atoms with E-state index >= 15 is 0 Å². The molecule has 0 N–H and O–H groups in total. The topological polar surface area (TPSA) is 91.3 Å². The molecule has 0 unspecified atom stereocenters. The molecule has 0 saturated carbocycles. The van der Waals surface area contributed by atoms with Crippen molar-refractivity contribution in [2.75, 3.05) is 0 Å². The van der Waals surface area contributed by atoms with Gasteiger partial charge < -0.3 is 9.47 Å². The van der Waals surface area contributed by atoms with Gasteiger partial charge in [0.2, 0.25) is 11.8 Å². The molecule has 0 radical (unpaired) electrons. The summed E-state index contributed by atoms with van der Waals surface area (Å²) in [5.74, 6) is 2.34. The highest BCUT2D eigenvalue weighted by molar-refractivity contribution is 5.99. The number of carbonyl (C=O) groups is 2. The predicted octanol–water partition coefficient (Wildman–Crippen LogP) is 8.89. The number of Topliss-reactive ketones (excluding diaryl/α,β-unsaturated/α-hetero) is 2. The van der Waals surface area contributed by atoms with E-state index in [0.717, 1.165) is 12.8 Å². The first-order valence-corrected chi connectivity index (χ1v) is 15.9. The Morgan fingerprint density at radius 1 is 0.523 bits per heavy atom. The maximum atomic E-state index is 11.7. The van der Waals surface area contributed by atoms with Gasteiger partial charge in [-0.3, -0.25) is 14.6 Å². The lowest BCUT2D eigenvalue weighted by molar-refractivity contribution is 0.0929. The second kappa shape index (κ2) is 19.6. The van der Waals surface area contributed by atoms with Crippen LogP contribution in [0.4, 0.5) is 0 Å². The van der Waals surface area contributed by atoms with Crippen molar-refractivity contribution in [3.05, 3.63) is 77.4 Å². The maximum Gasteiger partial charge on any atom is 0.216 e. The van der Waals surface area contributed by atoms with Crippen molar-refractivity contribution in [3.8, 4) is 11.8 Å². The van der Waals surface area contributed by atoms with Crippen molar-refractivity contribution in [3.63, 3.8) is 0 Å². The summed E-state index contributed by atoms with van der Waals surface area (Å²) >= 11 is 0. The molecule has 3 heterocycles. The molecule has 0 aromatic carbocycles. The molecule has 0 aliphatic heterocycles. The molecule has 3 rings (SSSR count). The van der Waals surface area contributed by atoms with Gasteiger partial charge in [0.25, 0.3) is 0 Å². The molecular formula is C37H55N3O4. The van der Waals surface area contributed by atoms with Crippen LogP contribution < -0.4 is 9.47 Å². The first-order chi connectivity index (χ1) is 20.6. The highest BCUT2D eigenvalue weighted by Gasteiger charge is 2.16. The van der Waals surface area contributed by atoms with Crippen molar-refractivity contribution in [2.45, 2.75) is 108 Å². The van der Waals surface area contributed by atoms with Gasteiger partial charge in [0.1, 0.15) is 11.4 Å². The summed E-state index contributed by atoms with van der Waals surface area (Å²) in [5.41, 5.74) is 3.22. The van der Waals surface area contributed by atoms with Crippen LogP contribution in [0.2, 0.25) is 0 Å². The number of ether oxygens (including phenoxy) is 2. The Morgan fingerprint density at radius 2 is 0.886 bits per heavy atom. The number of ketones is 2. The largest absolute Gasteiger partial charge is 0.475 e. The van der Waals surface area contributed by atoms with Crippen LogP contribution in [0.5, 0.6) is 11.8 Å². The number of nitrogens with zero attached hydrogens (tertiary/aromatic N) is 3. The molecule has 0 amide bonds. The van der Waals surface area contributed by atoms with Crippen molar-refractivity contribution >= 4 is 11.6 Å². The lowest BCUT2D eigenvalue weighted by Crippen LogP contribution is -2.14. The number of aromatic nitrogens is 3. The normalized spacial score (nSPS) is 11.0. The van der Waals surface area contributed by atoms with E-state index in [-0.39, 0.29) is 35.6 Å². The van der Waals surface area contributed by atoms with Gasteiger partial charge in [-0.05, 0) is 76.6 Å². The van der Waals surface area contributed by atoms with E-state index in [0.29, 0.717) is 35.0 Å². The number of carbonyl (C=O) groups excluding carboxylic acids is 2. The van der Waals surface area contributed by atoms with E-state index < -0.39 is 0 Å². The fraction of sp³-hybridized carbons (Fsp3) is 0.541. The van der Waals surface area contributed by atoms with Gasteiger partial charge in [-0.2, -0.15) is 4.98 Å². The highest BCUT2D eigenvalue weighted by atomic mass is 16.5. The summed E-state index contributed by atoms with van der Waals surface area (Å²) in [4.78, 5) is 36.4. The van der Waals surface area contributed by atoms with Crippen molar-refractivity contribution < 1.29 is 19.1 Å². The molecule has 0 saturated heterocycles. The van der Waals surface area contributed by atoms with E-state index in [9.17, 15) is 9.59 Å². The van der Waals surface area contributed by atoms with Gasteiger partial charge in [0.15, 0.2) is 11.6 Å². The Hall–Kier alpha value is -3.61. The minimum Gasteiger partial charge on any atom is -0.475 e. The third-order valence-corrected chi connectivity index (χ3v) is 5.81. The van der Waals surface area contributed by atoms with Crippen molar-refractivity contribution in [2.24, 2.45) is 23.7 Å². The van der Waals surface area contributed by atoms with E-state index in [1.54, 1.807) is 18.2 Å². The summed E-state index contributed by atoms with van der Waals surface area (Å²) < 4.78 is 10.9. The highest BCUT2D eigenvalue weighted by Crippen LogP contribution is 2.16. The zero-order chi connectivity index (χ0) is 33.4. The van der Waals surface area contributed by atoms with Crippen LogP contribution in [-0.4, -0.2) is 38.7 Å². The minimum atomic E-state index is -0.100. The Kier molecular flexibility index (Phi) is 17.1. The predicted molar refractivity (Wildman–Crippen MR) is 180 cm³/mol. The van der Waals surface area contributed by atoms with E-state index in [1.165, 1.54) is 11.4 Å². The number of hydrogen-bond donors (Lipinski definition) is 0. The summed E-state index contributed by atoms with van der Waals surface area (Å²) in [6, 6.07) is 16.9. The van der Waals surface area contributed by atoms with Crippen LogP contribution in [0.25, 0.3) is 0 Å². The molecule has 0 aliphatic rings. The fourth-order valence-electron chi connectivity index (χ4n) is 3.90. The molecule has 0 atom stereocenters. The third kappa shape index (κ3) is 15.7. The first-order valence-electron chi connectivity index (χ1n) is 15.9. The van der Waals surface area contributed by atoms with Gasteiger partial charge in [0.05, 0.1) is 12.2 Å². The molecule has 3 aromatic rings. The monoisotopic (exact) mass is 605 g/mol. The maximum absolute atomic E-state index is 11.7. The van der Waals surface area contributed by atoms with Gasteiger partial charge in [-0.25, -0.2) is 4.98 Å². The van der Waals surface area contributed by atoms with Crippen LogP contribution >= 0.6 is 0 Å². The second-order valence-electron chi connectivity index (χ2n) is 12.9.